The molecule has 170 valence electrons. The molecule has 0 aliphatic rings. The van der Waals surface area contributed by atoms with Gasteiger partial charge in [-0.15, -0.1) is 24.0 Å². The Morgan fingerprint density at radius 1 is 1.16 bits per heavy atom. The van der Waals surface area contributed by atoms with E-state index in [1.165, 1.54) is 6.07 Å². The van der Waals surface area contributed by atoms with Crippen LogP contribution in [0.5, 0.6) is 0 Å². The van der Waals surface area contributed by atoms with Crippen LogP contribution in [-0.2, 0) is 24.3 Å². The van der Waals surface area contributed by atoms with E-state index in [4.69, 9.17) is 0 Å². The van der Waals surface area contributed by atoms with Gasteiger partial charge in [0.15, 0.2) is 5.96 Å². The Balaban J connectivity index is 0.00000363. The normalized spacial score (nSPS) is 10.9. The zero-order chi connectivity index (χ0) is 22.1. The van der Waals surface area contributed by atoms with Crippen molar-refractivity contribution in [1.29, 1.82) is 0 Å². The average molecular weight is 550 g/mol. The number of anilines is 1. The number of nitrogens with one attached hydrogen (secondary N) is 3. The van der Waals surface area contributed by atoms with E-state index in [0.29, 0.717) is 19.0 Å². The molecule has 3 rings (SSSR count). The number of hydrogen-bond acceptors (Lipinski definition) is 3. The molecule has 0 spiro atoms. The lowest BCUT2D eigenvalue weighted by Crippen LogP contribution is -2.37. The Kier molecular flexibility index (Phi) is 10.1. The number of carbonyl (C=O) groups is 1. The maximum absolute atomic E-state index is 13.2. The van der Waals surface area contributed by atoms with E-state index in [1.54, 1.807) is 36.3 Å². The summed E-state index contributed by atoms with van der Waals surface area (Å²) in [6.07, 6.45) is 4.15. The van der Waals surface area contributed by atoms with E-state index < -0.39 is 0 Å². The Morgan fingerprint density at radius 3 is 2.72 bits per heavy atom. The van der Waals surface area contributed by atoms with Crippen molar-refractivity contribution in [2.75, 3.05) is 18.9 Å². The Bertz CT molecular complexity index is 1040. The van der Waals surface area contributed by atoms with Crippen molar-refractivity contribution in [2.24, 2.45) is 4.99 Å². The van der Waals surface area contributed by atoms with Crippen molar-refractivity contribution in [1.82, 2.24) is 20.4 Å². The fraction of sp³-hybridized carbons (Fsp3) is 0.261. The van der Waals surface area contributed by atoms with E-state index in [9.17, 15) is 9.18 Å². The number of aromatic nitrogens is 2. The second-order valence-corrected chi connectivity index (χ2v) is 7.13. The summed E-state index contributed by atoms with van der Waals surface area (Å²) < 4.78 is 14.8. The van der Waals surface area contributed by atoms with E-state index in [0.717, 1.165) is 28.8 Å². The lowest BCUT2D eigenvalue weighted by Gasteiger charge is -2.13. The molecule has 7 nitrogen and oxygen atoms in total. The molecular weight excluding hydrogens is 522 g/mol. The molecule has 0 saturated carbocycles. The minimum absolute atomic E-state index is 0. The number of carbonyl (C=O) groups excluding carboxylic acids is 1. The van der Waals surface area contributed by atoms with Crippen LogP contribution in [0, 0.1) is 12.7 Å². The SMILES string of the molecule is CN=C(NCCc1ccc(F)cc1C)NCc1cccc(NC(=O)Cn2cccn2)c1.I. The first kappa shape index (κ1) is 25.3. The van der Waals surface area contributed by atoms with Crippen LogP contribution in [0.15, 0.2) is 65.9 Å². The van der Waals surface area contributed by atoms with Crippen LogP contribution >= 0.6 is 24.0 Å². The molecule has 1 amide bonds. The molecule has 0 aliphatic heterocycles. The van der Waals surface area contributed by atoms with Gasteiger partial charge in [-0.05, 0) is 60.4 Å². The van der Waals surface area contributed by atoms with Crippen LogP contribution in [-0.4, -0.2) is 35.2 Å². The fourth-order valence-electron chi connectivity index (χ4n) is 3.16. The van der Waals surface area contributed by atoms with Crippen molar-refractivity contribution < 1.29 is 9.18 Å². The number of aliphatic imine (C=N–C) groups is 1. The van der Waals surface area contributed by atoms with E-state index >= 15 is 0 Å². The Morgan fingerprint density at radius 2 is 2.00 bits per heavy atom. The van der Waals surface area contributed by atoms with E-state index in [2.05, 4.69) is 26.0 Å². The van der Waals surface area contributed by atoms with E-state index in [-0.39, 0.29) is 42.2 Å². The third kappa shape index (κ3) is 7.95. The third-order valence-electron chi connectivity index (χ3n) is 4.75. The van der Waals surface area contributed by atoms with Crippen LogP contribution in [0.2, 0.25) is 0 Å². The number of nitrogens with zero attached hydrogens (tertiary/aromatic N) is 3. The second-order valence-electron chi connectivity index (χ2n) is 7.13. The molecule has 2 aromatic carbocycles. The lowest BCUT2D eigenvalue weighted by molar-refractivity contribution is -0.116. The van der Waals surface area contributed by atoms with Gasteiger partial charge in [0.05, 0.1) is 0 Å². The summed E-state index contributed by atoms with van der Waals surface area (Å²) in [5.74, 6) is 0.321. The highest BCUT2D eigenvalue weighted by Gasteiger charge is 2.06. The summed E-state index contributed by atoms with van der Waals surface area (Å²) in [4.78, 5) is 16.4. The molecule has 0 aliphatic carbocycles. The third-order valence-corrected chi connectivity index (χ3v) is 4.75. The predicted molar refractivity (Wildman–Crippen MR) is 136 cm³/mol. The molecule has 3 aromatic rings. The van der Waals surface area contributed by atoms with Gasteiger partial charge in [-0.25, -0.2) is 4.39 Å². The zero-order valence-electron chi connectivity index (χ0n) is 18.1. The van der Waals surface area contributed by atoms with Crippen LogP contribution in [0.1, 0.15) is 16.7 Å². The molecule has 0 unspecified atom stereocenters. The van der Waals surface area contributed by atoms with Gasteiger partial charge < -0.3 is 16.0 Å². The highest BCUT2D eigenvalue weighted by molar-refractivity contribution is 14.0. The van der Waals surface area contributed by atoms with Crippen molar-refractivity contribution >= 4 is 41.5 Å². The number of guanidine groups is 1. The summed E-state index contributed by atoms with van der Waals surface area (Å²) in [7, 11) is 1.71. The number of rotatable bonds is 8. The molecule has 0 atom stereocenters. The van der Waals surface area contributed by atoms with Gasteiger partial charge in [-0.2, -0.15) is 5.10 Å². The van der Waals surface area contributed by atoms with Crippen LogP contribution < -0.4 is 16.0 Å². The van der Waals surface area contributed by atoms with Gasteiger partial charge in [0, 0.05) is 38.2 Å². The topological polar surface area (TPSA) is 83.3 Å². The van der Waals surface area contributed by atoms with Crippen LogP contribution in [0.25, 0.3) is 0 Å². The molecule has 9 heteroatoms. The molecule has 1 aromatic heterocycles. The fourth-order valence-corrected chi connectivity index (χ4v) is 3.16. The number of hydrogen-bond donors (Lipinski definition) is 3. The standard InChI is InChI=1S/C23H27FN6O.HI/c1-17-13-20(24)8-7-19(17)9-11-26-23(25-2)27-15-18-5-3-6-21(14-18)29-22(31)16-30-12-4-10-28-30;/h3-8,10,12-14H,9,11,15-16H2,1-2H3,(H,29,31)(H2,25,26,27);1H. The number of halogens is 2. The summed E-state index contributed by atoms with van der Waals surface area (Å²) in [5.41, 5.74) is 3.78. The number of aryl methyl sites for hydroxylation is 1. The first-order chi connectivity index (χ1) is 15.0. The van der Waals surface area contributed by atoms with Gasteiger partial charge in [0.2, 0.25) is 5.91 Å². The predicted octanol–water partition coefficient (Wildman–Crippen LogP) is 3.50. The summed E-state index contributed by atoms with van der Waals surface area (Å²) >= 11 is 0. The van der Waals surface area contributed by atoms with Crippen LogP contribution in [0.4, 0.5) is 10.1 Å². The maximum Gasteiger partial charge on any atom is 0.246 e. The lowest BCUT2D eigenvalue weighted by atomic mass is 10.1. The average Bonchev–Trinajstić information content (AvgIpc) is 3.25. The van der Waals surface area contributed by atoms with Gasteiger partial charge in [0.25, 0.3) is 0 Å². The largest absolute Gasteiger partial charge is 0.356 e. The quantitative estimate of drug-likeness (QED) is 0.228. The smallest absolute Gasteiger partial charge is 0.246 e. The minimum atomic E-state index is -0.216. The maximum atomic E-state index is 13.2. The van der Waals surface area contributed by atoms with Gasteiger partial charge in [-0.3, -0.25) is 14.5 Å². The molecular formula is C23H28FIN6O. The molecule has 0 radical (unpaired) electrons. The molecule has 0 saturated heterocycles. The molecule has 0 fully saturated rings. The molecule has 32 heavy (non-hydrogen) atoms. The van der Waals surface area contributed by atoms with Gasteiger partial charge in [0.1, 0.15) is 12.4 Å². The number of benzene rings is 2. The van der Waals surface area contributed by atoms with Crippen molar-refractivity contribution in [3.05, 3.63) is 83.4 Å². The zero-order valence-corrected chi connectivity index (χ0v) is 20.5. The van der Waals surface area contributed by atoms with E-state index in [1.807, 2.05) is 37.3 Å². The minimum Gasteiger partial charge on any atom is -0.356 e. The highest BCUT2D eigenvalue weighted by Crippen LogP contribution is 2.11. The van der Waals surface area contributed by atoms with Crippen molar-refractivity contribution in [3.8, 4) is 0 Å². The highest BCUT2D eigenvalue weighted by atomic mass is 127. The second kappa shape index (κ2) is 12.8. The van der Waals surface area contributed by atoms with Crippen molar-refractivity contribution in [2.45, 2.75) is 26.4 Å². The Hall–Kier alpha value is -2.95. The Labute approximate surface area is 204 Å². The first-order valence-corrected chi connectivity index (χ1v) is 10.1. The van der Waals surface area contributed by atoms with Crippen LogP contribution in [0.3, 0.4) is 0 Å². The summed E-state index contributed by atoms with van der Waals surface area (Å²) in [6.45, 7) is 3.31. The number of amides is 1. The monoisotopic (exact) mass is 550 g/mol. The van der Waals surface area contributed by atoms with Gasteiger partial charge in [-0.1, -0.05) is 18.2 Å². The molecule has 3 N–H and O–H groups in total. The summed E-state index contributed by atoms with van der Waals surface area (Å²) in [5, 5.41) is 13.5. The summed E-state index contributed by atoms with van der Waals surface area (Å²) in [6, 6.07) is 14.3. The molecule has 1 heterocycles. The van der Waals surface area contributed by atoms with Gasteiger partial charge >= 0.3 is 0 Å². The first-order valence-electron chi connectivity index (χ1n) is 10.1. The van der Waals surface area contributed by atoms with Crippen molar-refractivity contribution in [3.63, 3.8) is 0 Å². The molecule has 0 bridgehead atoms.